The molecule has 2 aliphatic heterocycles. The van der Waals surface area contributed by atoms with Crippen molar-refractivity contribution in [3.63, 3.8) is 0 Å². The summed E-state index contributed by atoms with van der Waals surface area (Å²) in [7, 11) is 0. The normalized spacial score (nSPS) is 21.2. The van der Waals surface area contributed by atoms with Crippen LogP contribution >= 0.6 is 0 Å². The van der Waals surface area contributed by atoms with Crippen LogP contribution in [0.5, 0.6) is 5.75 Å². The summed E-state index contributed by atoms with van der Waals surface area (Å²) >= 11 is 0. The van der Waals surface area contributed by atoms with E-state index in [2.05, 4.69) is 21.9 Å². The van der Waals surface area contributed by atoms with Crippen molar-refractivity contribution in [3.8, 4) is 5.75 Å². The van der Waals surface area contributed by atoms with Crippen molar-refractivity contribution < 1.29 is 14.6 Å². The van der Waals surface area contributed by atoms with Gasteiger partial charge in [-0.2, -0.15) is 0 Å². The number of hydrogen-bond acceptors (Lipinski definition) is 5. The standard InChI is InChI=1S/C22H35N3O3/c23-22(27)19-8-12-25(13-9-19)15-18-6-5-7-21(14-18)28-17-20(26)16-24-10-3-1-2-4-11-24/h5-7,14,19-20,26H,1-4,8-13,15-17H2,(H2,23,27). The van der Waals surface area contributed by atoms with Crippen LogP contribution in [0.25, 0.3) is 0 Å². The van der Waals surface area contributed by atoms with Crippen molar-refractivity contribution in [1.29, 1.82) is 0 Å². The second-order valence-electron chi connectivity index (χ2n) is 8.28. The lowest BCUT2D eigenvalue weighted by Gasteiger charge is -2.30. The number of nitrogens with zero attached hydrogens (tertiary/aromatic N) is 2. The van der Waals surface area contributed by atoms with Crippen LogP contribution < -0.4 is 10.5 Å². The lowest BCUT2D eigenvalue weighted by atomic mass is 9.96. The number of β-amino-alcohol motifs (C(OH)–C–C–N with tert-alkyl or cyclic N) is 1. The second kappa shape index (κ2) is 10.8. The summed E-state index contributed by atoms with van der Waals surface area (Å²) in [6.07, 6.45) is 6.28. The molecular formula is C22H35N3O3. The number of ether oxygens (including phenoxy) is 1. The van der Waals surface area contributed by atoms with Gasteiger partial charge in [0.15, 0.2) is 0 Å². The third-order valence-electron chi connectivity index (χ3n) is 5.90. The number of amides is 1. The molecule has 0 spiro atoms. The summed E-state index contributed by atoms with van der Waals surface area (Å²) in [5.74, 6) is 0.657. The minimum absolute atomic E-state index is 0.0246. The van der Waals surface area contributed by atoms with Crippen LogP contribution in [0.3, 0.4) is 0 Å². The number of aliphatic hydroxyl groups is 1. The van der Waals surface area contributed by atoms with Gasteiger partial charge in [0.1, 0.15) is 18.5 Å². The number of carbonyl (C=O) groups is 1. The van der Waals surface area contributed by atoms with E-state index in [-0.39, 0.29) is 11.8 Å². The van der Waals surface area contributed by atoms with Crippen molar-refractivity contribution in [2.24, 2.45) is 11.7 Å². The highest BCUT2D eigenvalue weighted by molar-refractivity contribution is 5.76. The Morgan fingerprint density at radius 2 is 1.82 bits per heavy atom. The fourth-order valence-electron chi connectivity index (χ4n) is 4.23. The molecule has 2 heterocycles. The number of benzene rings is 1. The predicted octanol–water partition coefficient (Wildman–Crippen LogP) is 2.00. The average Bonchev–Trinajstić information content (AvgIpc) is 2.96. The number of hydrogen-bond donors (Lipinski definition) is 2. The zero-order valence-electron chi connectivity index (χ0n) is 16.9. The third kappa shape index (κ3) is 6.76. The molecule has 0 aliphatic carbocycles. The lowest BCUT2D eigenvalue weighted by molar-refractivity contribution is -0.123. The number of piperidine rings is 1. The van der Waals surface area contributed by atoms with Gasteiger partial charge in [-0.3, -0.25) is 9.69 Å². The second-order valence-corrected chi connectivity index (χ2v) is 8.28. The molecule has 0 aromatic heterocycles. The first-order valence-corrected chi connectivity index (χ1v) is 10.7. The van der Waals surface area contributed by atoms with E-state index in [4.69, 9.17) is 10.5 Å². The fourth-order valence-corrected chi connectivity index (χ4v) is 4.23. The molecular weight excluding hydrogens is 354 g/mol. The number of carbonyl (C=O) groups excluding carboxylic acids is 1. The zero-order chi connectivity index (χ0) is 19.8. The van der Waals surface area contributed by atoms with Gasteiger partial charge in [-0.25, -0.2) is 0 Å². The van der Waals surface area contributed by atoms with Crippen LogP contribution in [-0.4, -0.2) is 66.2 Å². The van der Waals surface area contributed by atoms with Gasteiger partial charge in [0.25, 0.3) is 0 Å². The lowest BCUT2D eigenvalue weighted by Crippen LogP contribution is -2.38. The van der Waals surface area contributed by atoms with E-state index in [9.17, 15) is 9.90 Å². The average molecular weight is 390 g/mol. The minimum atomic E-state index is -0.463. The fraction of sp³-hybridized carbons (Fsp3) is 0.682. The van der Waals surface area contributed by atoms with Crippen molar-refractivity contribution in [2.75, 3.05) is 39.3 Å². The summed E-state index contributed by atoms with van der Waals surface area (Å²) in [6.45, 7) is 5.82. The van der Waals surface area contributed by atoms with E-state index in [1.165, 1.54) is 31.2 Å². The largest absolute Gasteiger partial charge is 0.491 e. The molecule has 0 radical (unpaired) electrons. The first-order valence-electron chi connectivity index (χ1n) is 10.7. The Balaban J connectivity index is 1.42. The molecule has 1 amide bonds. The van der Waals surface area contributed by atoms with Gasteiger partial charge in [-0.05, 0) is 69.6 Å². The number of nitrogens with two attached hydrogens (primary N) is 1. The predicted molar refractivity (Wildman–Crippen MR) is 110 cm³/mol. The monoisotopic (exact) mass is 389 g/mol. The Labute approximate surface area is 168 Å². The SMILES string of the molecule is NC(=O)C1CCN(Cc2cccc(OCC(O)CN3CCCCCC3)c2)CC1. The van der Waals surface area contributed by atoms with Crippen molar-refractivity contribution in [2.45, 2.75) is 51.2 Å². The molecule has 2 saturated heterocycles. The minimum Gasteiger partial charge on any atom is -0.491 e. The molecule has 1 atom stereocenters. The molecule has 0 bridgehead atoms. The summed E-state index contributed by atoms with van der Waals surface area (Å²) in [5.41, 5.74) is 6.60. The molecule has 28 heavy (non-hydrogen) atoms. The van der Waals surface area contributed by atoms with E-state index in [1.54, 1.807) is 0 Å². The Bertz CT molecular complexity index is 609. The van der Waals surface area contributed by atoms with E-state index in [0.717, 1.165) is 51.3 Å². The van der Waals surface area contributed by atoms with Gasteiger partial charge in [0, 0.05) is 19.0 Å². The van der Waals surface area contributed by atoms with Gasteiger partial charge in [-0.15, -0.1) is 0 Å². The molecule has 2 aliphatic rings. The Morgan fingerprint density at radius 3 is 2.50 bits per heavy atom. The van der Waals surface area contributed by atoms with Gasteiger partial charge in [0.2, 0.25) is 5.91 Å². The van der Waals surface area contributed by atoms with E-state index >= 15 is 0 Å². The zero-order valence-corrected chi connectivity index (χ0v) is 16.9. The van der Waals surface area contributed by atoms with Gasteiger partial charge >= 0.3 is 0 Å². The number of likely N-dealkylation sites (tertiary alicyclic amines) is 2. The molecule has 2 fully saturated rings. The first kappa shape index (κ1) is 21.1. The third-order valence-corrected chi connectivity index (χ3v) is 5.90. The van der Waals surface area contributed by atoms with Crippen LogP contribution in [0.15, 0.2) is 24.3 Å². The molecule has 3 N–H and O–H groups in total. The molecule has 1 unspecified atom stereocenters. The van der Waals surface area contributed by atoms with E-state index < -0.39 is 6.10 Å². The molecule has 1 aromatic rings. The molecule has 156 valence electrons. The topological polar surface area (TPSA) is 79.0 Å². The maximum Gasteiger partial charge on any atom is 0.220 e. The summed E-state index contributed by atoms with van der Waals surface area (Å²) in [6, 6.07) is 8.10. The maximum absolute atomic E-state index is 11.3. The van der Waals surface area contributed by atoms with Gasteiger partial charge in [-0.1, -0.05) is 25.0 Å². The van der Waals surface area contributed by atoms with Gasteiger partial charge < -0.3 is 20.5 Å². The van der Waals surface area contributed by atoms with Crippen molar-refractivity contribution in [1.82, 2.24) is 9.80 Å². The van der Waals surface area contributed by atoms with Crippen molar-refractivity contribution >= 4 is 5.91 Å². The Morgan fingerprint density at radius 1 is 1.11 bits per heavy atom. The van der Waals surface area contributed by atoms with Crippen LogP contribution in [-0.2, 0) is 11.3 Å². The molecule has 6 heteroatoms. The van der Waals surface area contributed by atoms with Crippen LogP contribution in [0.1, 0.15) is 44.1 Å². The quantitative estimate of drug-likeness (QED) is 0.711. The van der Waals surface area contributed by atoms with E-state index in [1.807, 2.05) is 12.1 Å². The van der Waals surface area contributed by atoms with Crippen molar-refractivity contribution in [3.05, 3.63) is 29.8 Å². The summed E-state index contributed by atoms with van der Waals surface area (Å²) in [5, 5.41) is 10.3. The molecule has 3 rings (SSSR count). The number of aliphatic hydroxyl groups excluding tert-OH is 1. The highest BCUT2D eigenvalue weighted by Crippen LogP contribution is 2.21. The smallest absolute Gasteiger partial charge is 0.220 e. The number of primary amides is 1. The summed E-state index contributed by atoms with van der Waals surface area (Å²) in [4.78, 5) is 16.0. The first-order chi connectivity index (χ1) is 13.6. The molecule has 6 nitrogen and oxygen atoms in total. The van der Waals surface area contributed by atoms with Crippen LogP contribution in [0.4, 0.5) is 0 Å². The highest BCUT2D eigenvalue weighted by atomic mass is 16.5. The maximum atomic E-state index is 11.3. The Kier molecular flexibility index (Phi) is 8.13. The Hall–Kier alpha value is -1.63. The van der Waals surface area contributed by atoms with Crippen LogP contribution in [0.2, 0.25) is 0 Å². The van der Waals surface area contributed by atoms with E-state index in [0.29, 0.717) is 13.2 Å². The number of rotatable bonds is 8. The molecule has 0 saturated carbocycles. The highest BCUT2D eigenvalue weighted by Gasteiger charge is 2.23. The van der Waals surface area contributed by atoms with Gasteiger partial charge in [0.05, 0.1) is 0 Å². The summed E-state index contributed by atoms with van der Waals surface area (Å²) < 4.78 is 5.86. The van der Waals surface area contributed by atoms with Crippen LogP contribution in [0, 0.1) is 5.92 Å². The molecule has 1 aromatic carbocycles.